The lowest BCUT2D eigenvalue weighted by atomic mass is 10.2. The van der Waals surface area contributed by atoms with Crippen molar-refractivity contribution in [2.45, 2.75) is 17.3 Å². The minimum atomic E-state index is -0.951. The smallest absolute Gasteiger partial charge is 0.318 e. The van der Waals surface area contributed by atoms with Gasteiger partial charge in [0.15, 0.2) is 5.16 Å². The van der Waals surface area contributed by atoms with Crippen LogP contribution in [0.5, 0.6) is 5.75 Å². The first kappa shape index (κ1) is 20.7. The molecule has 0 aliphatic rings. The lowest BCUT2D eigenvalue weighted by Crippen LogP contribution is -2.39. The Bertz CT molecular complexity index is 1160. The Labute approximate surface area is 175 Å². The van der Waals surface area contributed by atoms with Crippen LogP contribution in [0, 0.1) is 0 Å². The second kappa shape index (κ2) is 8.54. The van der Waals surface area contributed by atoms with Crippen LogP contribution in [0.3, 0.4) is 0 Å². The number of fused-ring (bicyclic) bond motifs is 1. The monoisotopic (exact) mass is 432 g/mol. The summed E-state index contributed by atoms with van der Waals surface area (Å²) >= 11 is 7.25. The maximum atomic E-state index is 13.2. The Morgan fingerprint density at radius 2 is 2.00 bits per heavy atom. The van der Waals surface area contributed by atoms with E-state index in [1.165, 1.54) is 11.7 Å². The molecule has 3 aromatic rings. The number of thioether (sulfide) groups is 1. The second-order valence-electron chi connectivity index (χ2n) is 5.98. The fourth-order valence-electron chi connectivity index (χ4n) is 2.65. The predicted octanol–water partition coefficient (Wildman–Crippen LogP) is 2.72. The van der Waals surface area contributed by atoms with E-state index in [1.54, 1.807) is 49.4 Å². The van der Waals surface area contributed by atoms with Crippen LogP contribution < -0.4 is 21.3 Å². The van der Waals surface area contributed by atoms with Crippen LogP contribution >= 0.6 is 23.4 Å². The molecule has 150 valence electrons. The molecule has 0 saturated heterocycles. The number of benzene rings is 2. The molecule has 1 heterocycles. The number of halogens is 1. The van der Waals surface area contributed by atoms with Crippen molar-refractivity contribution >= 4 is 46.2 Å². The Morgan fingerprint density at radius 1 is 1.28 bits per heavy atom. The summed E-state index contributed by atoms with van der Waals surface area (Å²) in [6.07, 6.45) is 0. The van der Waals surface area contributed by atoms with E-state index in [4.69, 9.17) is 22.1 Å². The first-order chi connectivity index (χ1) is 13.8. The van der Waals surface area contributed by atoms with Crippen molar-refractivity contribution in [2.75, 3.05) is 7.11 Å². The van der Waals surface area contributed by atoms with Crippen molar-refractivity contribution in [3.8, 4) is 11.4 Å². The van der Waals surface area contributed by atoms with E-state index in [2.05, 4.69) is 4.98 Å². The Balaban J connectivity index is 2.16. The van der Waals surface area contributed by atoms with Gasteiger partial charge < -0.3 is 10.5 Å². The second-order valence-corrected chi connectivity index (χ2v) is 7.70. The zero-order valence-electron chi connectivity index (χ0n) is 15.5. The largest absolute Gasteiger partial charge is 0.495 e. The number of hydrogen-bond donors (Lipinski definition) is 2. The molecule has 0 bridgehead atoms. The molecule has 2 aromatic carbocycles. The minimum Gasteiger partial charge on any atom is -0.495 e. The number of carbonyl (C=O) groups is 2. The highest BCUT2D eigenvalue weighted by Crippen LogP contribution is 2.29. The summed E-state index contributed by atoms with van der Waals surface area (Å²) in [6, 6.07) is 10.8. The van der Waals surface area contributed by atoms with Crippen molar-refractivity contribution < 1.29 is 14.3 Å². The Hall–Kier alpha value is -3.04. The summed E-state index contributed by atoms with van der Waals surface area (Å²) in [7, 11) is 1.49. The lowest BCUT2D eigenvalue weighted by Gasteiger charge is -2.16. The molecule has 0 spiro atoms. The summed E-state index contributed by atoms with van der Waals surface area (Å²) in [4.78, 5) is 40.8. The number of nitrogens with one attached hydrogen (secondary N) is 1. The molecule has 0 saturated carbocycles. The zero-order chi connectivity index (χ0) is 21.1. The first-order valence-electron chi connectivity index (χ1n) is 8.44. The van der Waals surface area contributed by atoms with Crippen molar-refractivity contribution in [1.29, 1.82) is 0 Å². The summed E-state index contributed by atoms with van der Waals surface area (Å²) < 4.78 is 6.53. The number of imide groups is 1. The SMILES string of the molecule is COc1ccc(-n2c(SC(C)C(=O)NC(N)=O)nc3ccccc3c2=O)cc1Cl. The number of primary amides is 1. The average molecular weight is 433 g/mol. The van der Waals surface area contributed by atoms with E-state index in [1.807, 2.05) is 5.32 Å². The summed E-state index contributed by atoms with van der Waals surface area (Å²) in [5, 5.41) is 2.28. The van der Waals surface area contributed by atoms with Gasteiger partial charge in [0.25, 0.3) is 5.56 Å². The number of nitrogens with zero attached hydrogens (tertiary/aromatic N) is 2. The summed E-state index contributed by atoms with van der Waals surface area (Å²) in [6.45, 7) is 1.58. The quantitative estimate of drug-likeness (QED) is 0.473. The summed E-state index contributed by atoms with van der Waals surface area (Å²) in [5.74, 6) is -0.134. The number of ether oxygens (including phenoxy) is 1. The van der Waals surface area contributed by atoms with Crippen molar-refractivity contribution in [3.05, 3.63) is 57.8 Å². The molecule has 0 aliphatic heterocycles. The van der Waals surface area contributed by atoms with Gasteiger partial charge in [-0.2, -0.15) is 0 Å². The van der Waals surface area contributed by atoms with E-state index in [9.17, 15) is 14.4 Å². The van der Waals surface area contributed by atoms with Gasteiger partial charge in [0, 0.05) is 0 Å². The molecule has 1 aromatic heterocycles. The van der Waals surface area contributed by atoms with Crippen molar-refractivity contribution in [2.24, 2.45) is 5.73 Å². The number of methoxy groups -OCH3 is 1. The molecular weight excluding hydrogens is 416 g/mol. The first-order valence-corrected chi connectivity index (χ1v) is 9.70. The standard InChI is InChI=1S/C19H17ClN4O4S/c1-10(16(25)23-18(21)27)29-19-22-14-6-4-3-5-12(14)17(26)24(19)11-7-8-15(28-2)13(20)9-11/h3-10H,1-2H3,(H3,21,23,25,27). The van der Waals surface area contributed by atoms with Crippen LogP contribution in [0.25, 0.3) is 16.6 Å². The van der Waals surface area contributed by atoms with Gasteiger partial charge in [-0.1, -0.05) is 35.5 Å². The van der Waals surface area contributed by atoms with Gasteiger partial charge >= 0.3 is 6.03 Å². The minimum absolute atomic E-state index is 0.266. The molecule has 8 nitrogen and oxygen atoms in total. The van der Waals surface area contributed by atoms with Gasteiger partial charge in [-0.15, -0.1) is 0 Å². The van der Waals surface area contributed by atoms with E-state index in [-0.39, 0.29) is 10.7 Å². The molecule has 10 heteroatoms. The number of nitrogens with two attached hydrogens (primary N) is 1. The highest BCUT2D eigenvalue weighted by atomic mass is 35.5. The molecule has 0 radical (unpaired) electrons. The summed E-state index contributed by atoms with van der Waals surface area (Å²) in [5.41, 5.74) is 5.64. The third kappa shape index (κ3) is 4.36. The number of urea groups is 1. The maximum absolute atomic E-state index is 13.2. The molecule has 0 fully saturated rings. The van der Waals surface area contributed by atoms with E-state index in [0.717, 1.165) is 11.8 Å². The van der Waals surface area contributed by atoms with Crippen LogP contribution in [0.15, 0.2) is 52.4 Å². The highest BCUT2D eigenvalue weighted by Gasteiger charge is 2.21. The molecule has 1 unspecified atom stereocenters. The van der Waals surface area contributed by atoms with Gasteiger partial charge in [-0.25, -0.2) is 9.78 Å². The molecule has 3 N–H and O–H groups in total. The number of carbonyl (C=O) groups excluding carboxylic acids is 2. The molecule has 0 aliphatic carbocycles. The third-order valence-electron chi connectivity index (χ3n) is 4.04. The highest BCUT2D eigenvalue weighted by molar-refractivity contribution is 8.00. The lowest BCUT2D eigenvalue weighted by molar-refractivity contribution is -0.119. The number of hydrogen-bond acceptors (Lipinski definition) is 6. The van der Waals surface area contributed by atoms with E-state index >= 15 is 0 Å². The van der Waals surface area contributed by atoms with E-state index < -0.39 is 17.2 Å². The Morgan fingerprint density at radius 3 is 2.66 bits per heavy atom. The van der Waals surface area contributed by atoms with Gasteiger partial charge in [0.1, 0.15) is 5.75 Å². The normalized spacial score (nSPS) is 11.8. The molecule has 3 rings (SSSR count). The molecular formula is C19H17ClN4O4S. The fourth-order valence-corrected chi connectivity index (χ4v) is 3.83. The third-order valence-corrected chi connectivity index (χ3v) is 5.38. The topological polar surface area (TPSA) is 116 Å². The van der Waals surface area contributed by atoms with Gasteiger partial charge in [-0.3, -0.25) is 19.5 Å². The molecule has 3 amide bonds. The number of amides is 3. The average Bonchev–Trinajstić information content (AvgIpc) is 2.67. The maximum Gasteiger partial charge on any atom is 0.318 e. The molecule has 29 heavy (non-hydrogen) atoms. The zero-order valence-corrected chi connectivity index (χ0v) is 17.1. The number of para-hydroxylation sites is 1. The fraction of sp³-hybridized carbons (Fsp3) is 0.158. The van der Waals surface area contributed by atoms with Crippen molar-refractivity contribution in [1.82, 2.24) is 14.9 Å². The number of aromatic nitrogens is 2. The predicted molar refractivity (Wildman–Crippen MR) is 112 cm³/mol. The Kier molecular flexibility index (Phi) is 6.09. The van der Waals surface area contributed by atoms with Crippen molar-refractivity contribution in [3.63, 3.8) is 0 Å². The van der Waals surface area contributed by atoms with Gasteiger partial charge in [0.05, 0.1) is 34.0 Å². The van der Waals surface area contributed by atoms with Gasteiger partial charge in [-0.05, 0) is 37.3 Å². The van der Waals surface area contributed by atoms with Crippen LogP contribution in [0.1, 0.15) is 6.92 Å². The van der Waals surface area contributed by atoms with Crippen LogP contribution in [0.4, 0.5) is 4.79 Å². The molecule has 1 atom stereocenters. The van der Waals surface area contributed by atoms with Gasteiger partial charge in [0.2, 0.25) is 5.91 Å². The van der Waals surface area contributed by atoms with Crippen LogP contribution in [-0.2, 0) is 4.79 Å². The number of rotatable bonds is 5. The van der Waals surface area contributed by atoms with Crippen LogP contribution in [0.2, 0.25) is 5.02 Å². The van der Waals surface area contributed by atoms with E-state index in [0.29, 0.717) is 27.4 Å². The van der Waals surface area contributed by atoms with Crippen LogP contribution in [-0.4, -0.2) is 33.8 Å².